The molecule has 0 bridgehead atoms. The maximum Gasteiger partial charge on any atom is 0.339 e. The Balaban J connectivity index is 2.20. The smallest absolute Gasteiger partial charge is 0.339 e. The molecule has 2 aromatic heterocycles. The maximum absolute atomic E-state index is 12.4. The Kier molecular flexibility index (Phi) is 4.81. The molecule has 0 atom stereocenters. The third-order valence-corrected chi connectivity index (χ3v) is 3.98. The van der Waals surface area contributed by atoms with E-state index in [1.54, 1.807) is 23.9 Å². The molecule has 1 N–H and O–H groups in total. The van der Waals surface area contributed by atoms with Gasteiger partial charge in [0.15, 0.2) is 5.65 Å². The minimum absolute atomic E-state index is 0.0130. The standard InChI is InChI=1S/C19H21N3O3/c1-4-25-19(24)15-9-17(14-7-5-13(11-23)6-8-14)21-18-16(15)10-20-22(18)12(2)3/h5-10,12,23H,4,11H2,1-3H3. The third-order valence-electron chi connectivity index (χ3n) is 3.98. The lowest BCUT2D eigenvalue weighted by molar-refractivity contribution is 0.0528. The minimum atomic E-state index is -0.383. The lowest BCUT2D eigenvalue weighted by atomic mass is 10.1. The van der Waals surface area contributed by atoms with E-state index in [1.807, 2.05) is 38.1 Å². The van der Waals surface area contributed by atoms with Crippen LogP contribution in [0.4, 0.5) is 0 Å². The predicted molar refractivity (Wildman–Crippen MR) is 95.2 cm³/mol. The summed E-state index contributed by atoms with van der Waals surface area (Å²) in [4.78, 5) is 17.1. The van der Waals surface area contributed by atoms with Crippen molar-refractivity contribution in [2.24, 2.45) is 0 Å². The van der Waals surface area contributed by atoms with E-state index >= 15 is 0 Å². The molecular formula is C19H21N3O3. The Hall–Kier alpha value is -2.73. The van der Waals surface area contributed by atoms with Crippen LogP contribution < -0.4 is 0 Å². The van der Waals surface area contributed by atoms with E-state index in [4.69, 9.17) is 9.72 Å². The predicted octanol–water partition coefficient (Wildman–Crippen LogP) is 3.35. The molecule has 1 aromatic carbocycles. The van der Waals surface area contributed by atoms with Crippen molar-refractivity contribution in [2.45, 2.75) is 33.4 Å². The Morgan fingerprint density at radius 3 is 2.60 bits per heavy atom. The first-order valence-electron chi connectivity index (χ1n) is 8.30. The van der Waals surface area contributed by atoms with Crippen LogP contribution in [0.3, 0.4) is 0 Å². The Bertz CT molecular complexity index is 898. The summed E-state index contributed by atoms with van der Waals surface area (Å²) in [7, 11) is 0. The van der Waals surface area contributed by atoms with E-state index in [-0.39, 0.29) is 18.6 Å². The second kappa shape index (κ2) is 7.03. The zero-order chi connectivity index (χ0) is 18.0. The number of nitrogens with zero attached hydrogens (tertiary/aromatic N) is 3. The molecule has 0 aliphatic carbocycles. The van der Waals surface area contributed by atoms with Crippen LogP contribution in [0.1, 0.15) is 42.7 Å². The summed E-state index contributed by atoms with van der Waals surface area (Å²) < 4.78 is 6.99. The molecule has 0 unspecified atom stereocenters. The molecule has 6 nitrogen and oxygen atoms in total. The van der Waals surface area contributed by atoms with Crippen molar-refractivity contribution < 1.29 is 14.6 Å². The second-order valence-corrected chi connectivity index (χ2v) is 6.05. The van der Waals surface area contributed by atoms with Gasteiger partial charge in [0, 0.05) is 11.6 Å². The normalized spacial score (nSPS) is 11.2. The first-order chi connectivity index (χ1) is 12.0. The average molecular weight is 339 g/mol. The molecule has 0 radical (unpaired) electrons. The van der Waals surface area contributed by atoms with Crippen LogP contribution in [0, 0.1) is 0 Å². The van der Waals surface area contributed by atoms with Gasteiger partial charge in [-0.15, -0.1) is 0 Å². The van der Waals surface area contributed by atoms with Crippen LogP contribution in [-0.4, -0.2) is 32.4 Å². The summed E-state index contributed by atoms with van der Waals surface area (Å²) in [5.41, 5.74) is 3.47. The molecule has 3 rings (SSSR count). The number of hydrogen-bond acceptors (Lipinski definition) is 5. The van der Waals surface area contributed by atoms with E-state index in [1.165, 1.54) is 0 Å². The van der Waals surface area contributed by atoms with Crippen LogP contribution in [0.15, 0.2) is 36.5 Å². The highest BCUT2D eigenvalue weighted by atomic mass is 16.5. The van der Waals surface area contributed by atoms with Gasteiger partial charge < -0.3 is 9.84 Å². The molecule has 2 heterocycles. The molecule has 0 amide bonds. The number of carbonyl (C=O) groups is 1. The number of benzene rings is 1. The van der Waals surface area contributed by atoms with Gasteiger partial charge in [-0.1, -0.05) is 24.3 Å². The van der Waals surface area contributed by atoms with Crippen LogP contribution in [0.5, 0.6) is 0 Å². The summed E-state index contributed by atoms with van der Waals surface area (Å²) in [6.45, 7) is 6.10. The lowest BCUT2D eigenvalue weighted by Crippen LogP contribution is -2.08. The van der Waals surface area contributed by atoms with Gasteiger partial charge in [-0.05, 0) is 32.4 Å². The molecule has 0 fully saturated rings. The molecule has 0 spiro atoms. The molecule has 6 heteroatoms. The first kappa shape index (κ1) is 17.1. The van der Waals surface area contributed by atoms with Crippen molar-refractivity contribution in [3.05, 3.63) is 47.7 Å². The number of esters is 1. The van der Waals surface area contributed by atoms with Gasteiger partial charge in [-0.2, -0.15) is 5.10 Å². The van der Waals surface area contributed by atoms with Crippen molar-refractivity contribution in [1.82, 2.24) is 14.8 Å². The first-order valence-corrected chi connectivity index (χ1v) is 8.30. The highest BCUT2D eigenvalue weighted by Crippen LogP contribution is 2.27. The summed E-state index contributed by atoms with van der Waals surface area (Å²) in [6, 6.07) is 9.29. The Morgan fingerprint density at radius 1 is 1.28 bits per heavy atom. The van der Waals surface area contributed by atoms with Gasteiger partial charge in [0.05, 0.1) is 36.1 Å². The molecule has 0 aliphatic rings. The van der Waals surface area contributed by atoms with E-state index in [0.717, 1.165) is 11.1 Å². The zero-order valence-corrected chi connectivity index (χ0v) is 14.6. The van der Waals surface area contributed by atoms with Gasteiger partial charge >= 0.3 is 5.97 Å². The van der Waals surface area contributed by atoms with Crippen LogP contribution in [0.2, 0.25) is 0 Å². The van der Waals surface area contributed by atoms with E-state index < -0.39 is 0 Å². The SMILES string of the molecule is CCOC(=O)c1cc(-c2ccc(CO)cc2)nc2c1cnn2C(C)C. The number of fused-ring (bicyclic) bond motifs is 1. The zero-order valence-electron chi connectivity index (χ0n) is 14.6. The van der Waals surface area contributed by atoms with Crippen LogP contribution >= 0.6 is 0 Å². The molecule has 0 saturated heterocycles. The summed E-state index contributed by atoms with van der Waals surface area (Å²) in [5, 5.41) is 14.3. The fraction of sp³-hybridized carbons (Fsp3) is 0.316. The van der Waals surface area contributed by atoms with Crippen molar-refractivity contribution in [2.75, 3.05) is 6.61 Å². The van der Waals surface area contributed by atoms with Crippen LogP contribution in [0.25, 0.3) is 22.3 Å². The average Bonchev–Trinajstić information content (AvgIpc) is 3.05. The van der Waals surface area contributed by atoms with Gasteiger partial charge in [0.25, 0.3) is 0 Å². The van der Waals surface area contributed by atoms with Crippen molar-refractivity contribution >= 4 is 17.0 Å². The summed E-state index contributed by atoms with van der Waals surface area (Å²) in [6.07, 6.45) is 1.66. The van der Waals surface area contributed by atoms with Crippen LogP contribution in [-0.2, 0) is 11.3 Å². The van der Waals surface area contributed by atoms with Crippen molar-refractivity contribution in [3.63, 3.8) is 0 Å². The largest absolute Gasteiger partial charge is 0.462 e. The number of hydrogen-bond donors (Lipinski definition) is 1. The Morgan fingerprint density at radius 2 is 2.00 bits per heavy atom. The molecule has 130 valence electrons. The summed E-state index contributed by atoms with van der Waals surface area (Å²) >= 11 is 0. The molecule has 0 saturated carbocycles. The van der Waals surface area contributed by atoms with Crippen molar-refractivity contribution in [1.29, 1.82) is 0 Å². The van der Waals surface area contributed by atoms with Gasteiger partial charge in [0.1, 0.15) is 0 Å². The number of ether oxygens (including phenoxy) is 1. The molecule has 25 heavy (non-hydrogen) atoms. The number of aliphatic hydroxyl groups excluding tert-OH is 1. The molecule has 0 aliphatic heterocycles. The topological polar surface area (TPSA) is 77.2 Å². The van der Waals surface area contributed by atoms with Gasteiger partial charge in [-0.25, -0.2) is 14.5 Å². The van der Waals surface area contributed by atoms with Gasteiger partial charge in [-0.3, -0.25) is 0 Å². The number of aliphatic hydroxyl groups is 1. The molecular weight excluding hydrogens is 318 g/mol. The Labute approximate surface area is 146 Å². The fourth-order valence-corrected chi connectivity index (χ4v) is 2.70. The second-order valence-electron chi connectivity index (χ2n) is 6.05. The fourth-order valence-electron chi connectivity index (χ4n) is 2.70. The highest BCUT2D eigenvalue weighted by Gasteiger charge is 2.19. The number of carbonyl (C=O) groups excluding carboxylic acids is 1. The quantitative estimate of drug-likeness (QED) is 0.721. The van der Waals surface area contributed by atoms with E-state index in [2.05, 4.69) is 5.10 Å². The summed E-state index contributed by atoms with van der Waals surface area (Å²) in [5.74, 6) is -0.383. The minimum Gasteiger partial charge on any atom is -0.462 e. The maximum atomic E-state index is 12.4. The number of aromatic nitrogens is 3. The third kappa shape index (κ3) is 3.25. The van der Waals surface area contributed by atoms with E-state index in [9.17, 15) is 9.90 Å². The molecule has 3 aromatic rings. The highest BCUT2D eigenvalue weighted by molar-refractivity contribution is 6.03. The number of rotatable bonds is 5. The monoisotopic (exact) mass is 339 g/mol. The van der Waals surface area contributed by atoms with E-state index in [0.29, 0.717) is 28.9 Å². The van der Waals surface area contributed by atoms with Crippen molar-refractivity contribution in [3.8, 4) is 11.3 Å². The van der Waals surface area contributed by atoms with Gasteiger partial charge in [0.2, 0.25) is 0 Å². The lowest BCUT2D eigenvalue weighted by Gasteiger charge is -2.10. The number of pyridine rings is 1.